The standard InChI is InChI=1S/C21H20N2O4S/c1-28(26,27)23(19-15-9-4-10-16-19)22-20(24)21(25,17-11-5-2-6-12-17)18-13-7-3-8-14-18/h2-16,25H,1H3,(H,22,24). The molecule has 7 heteroatoms. The number of carbonyl (C=O) groups is 1. The van der Waals surface area contributed by atoms with Gasteiger partial charge in [-0.05, 0) is 23.3 Å². The van der Waals surface area contributed by atoms with Crippen molar-refractivity contribution in [3.63, 3.8) is 0 Å². The van der Waals surface area contributed by atoms with Crippen LogP contribution in [-0.4, -0.2) is 25.7 Å². The van der Waals surface area contributed by atoms with Crippen LogP contribution in [0, 0.1) is 0 Å². The lowest BCUT2D eigenvalue weighted by Crippen LogP contribution is -2.54. The predicted octanol–water partition coefficient (Wildman–Crippen LogP) is 2.42. The summed E-state index contributed by atoms with van der Waals surface area (Å²) in [6.07, 6.45) is 0.977. The third kappa shape index (κ3) is 3.90. The van der Waals surface area contributed by atoms with E-state index in [0.717, 1.165) is 10.7 Å². The van der Waals surface area contributed by atoms with Crippen LogP contribution in [0.5, 0.6) is 0 Å². The number of carbonyl (C=O) groups excluding carboxylic acids is 1. The van der Waals surface area contributed by atoms with Crippen LogP contribution in [0.25, 0.3) is 0 Å². The van der Waals surface area contributed by atoms with Gasteiger partial charge in [0.15, 0.2) is 5.60 Å². The Kier molecular flexibility index (Phi) is 5.48. The van der Waals surface area contributed by atoms with Crippen LogP contribution in [0.4, 0.5) is 5.69 Å². The van der Waals surface area contributed by atoms with Gasteiger partial charge in [0.1, 0.15) is 0 Å². The number of rotatable bonds is 6. The van der Waals surface area contributed by atoms with E-state index in [2.05, 4.69) is 5.43 Å². The maximum atomic E-state index is 13.2. The molecule has 0 aliphatic rings. The zero-order chi connectivity index (χ0) is 20.2. The monoisotopic (exact) mass is 396 g/mol. The average molecular weight is 396 g/mol. The van der Waals surface area contributed by atoms with Crippen LogP contribution in [0.3, 0.4) is 0 Å². The maximum Gasteiger partial charge on any atom is 0.280 e. The number of hydrogen-bond donors (Lipinski definition) is 2. The molecule has 0 atom stereocenters. The van der Waals surface area contributed by atoms with E-state index in [1.807, 2.05) is 0 Å². The molecule has 0 heterocycles. The van der Waals surface area contributed by atoms with Crippen molar-refractivity contribution in [2.75, 3.05) is 10.7 Å². The second-order valence-electron chi connectivity index (χ2n) is 6.25. The highest BCUT2D eigenvalue weighted by Gasteiger charge is 2.41. The van der Waals surface area contributed by atoms with Crippen molar-refractivity contribution in [2.24, 2.45) is 0 Å². The van der Waals surface area contributed by atoms with Gasteiger partial charge in [-0.2, -0.15) is 4.41 Å². The van der Waals surface area contributed by atoms with Gasteiger partial charge in [0.25, 0.3) is 5.91 Å². The number of hydrogen-bond acceptors (Lipinski definition) is 4. The van der Waals surface area contributed by atoms with Crippen molar-refractivity contribution >= 4 is 21.6 Å². The molecular formula is C21H20N2O4S. The molecule has 3 aromatic carbocycles. The van der Waals surface area contributed by atoms with Crippen molar-refractivity contribution in [2.45, 2.75) is 5.60 Å². The first-order valence-electron chi connectivity index (χ1n) is 8.53. The van der Waals surface area contributed by atoms with Crippen molar-refractivity contribution in [3.8, 4) is 0 Å². The van der Waals surface area contributed by atoms with Crippen molar-refractivity contribution in [1.29, 1.82) is 0 Å². The zero-order valence-corrected chi connectivity index (χ0v) is 16.0. The SMILES string of the molecule is CS(=O)(=O)N(NC(=O)C(O)(c1ccccc1)c1ccccc1)c1ccccc1. The smallest absolute Gasteiger partial charge is 0.280 e. The minimum absolute atomic E-state index is 0.252. The predicted molar refractivity (Wildman–Crippen MR) is 108 cm³/mol. The van der Waals surface area contributed by atoms with Gasteiger partial charge in [0.2, 0.25) is 10.0 Å². The Morgan fingerprint density at radius 2 is 1.21 bits per heavy atom. The van der Waals surface area contributed by atoms with Crippen molar-refractivity contribution in [1.82, 2.24) is 5.43 Å². The third-order valence-electron chi connectivity index (χ3n) is 4.24. The number of amides is 1. The number of para-hydroxylation sites is 1. The molecule has 0 aliphatic carbocycles. The number of nitrogens with zero attached hydrogens (tertiary/aromatic N) is 1. The molecule has 3 rings (SSSR count). The zero-order valence-electron chi connectivity index (χ0n) is 15.2. The first-order valence-corrected chi connectivity index (χ1v) is 10.4. The Labute approximate surface area is 164 Å². The second-order valence-corrected chi connectivity index (χ2v) is 8.08. The molecule has 0 radical (unpaired) electrons. The van der Waals surface area contributed by atoms with Gasteiger partial charge in [-0.25, -0.2) is 8.42 Å². The Bertz CT molecular complexity index is 1000. The highest BCUT2D eigenvalue weighted by Crippen LogP contribution is 2.30. The van der Waals surface area contributed by atoms with E-state index in [1.165, 1.54) is 0 Å². The van der Waals surface area contributed by atoms with Crippen LogP contribution < -0.4 is 9.84 Å². The van der Waals surface area contributed by atoms with E-state index in [9.17, 15) is 18.3 Å². The van der Waals surface area contributed by atoms with E-state index in [0.29, 0.717) is 11.1 Å². The number of benzene rings is 3. The minimum Gasteiger partial charge on any atom is -0.372 e. The molecule has 0 saturated heterocycles. The number of nitrogens with one attached hydrogen (secondary N) is 1. The highest BCUT2D eigenvalue weighted by molar-refractivity contribution is 7.92. The summed E-state index contributed by atoms with van der Waals surface area (Å²) in [5.74, 6) is -0.890. The Balaban J connectivity index is 2.07. The fourth-order valence-electron chi connectivity index (χ4n) is 2.86. The van der Waals surface area contributed by atoms with Gasteiger partial charge >= 0.3 is 0 Å². The van der Waals surface area contributed by atoms with Crippen LogP contribution in [0.2, 0.25) is 0 Å². The molecule has 0 aliphatic heterocycles. The molecule has 0 fully saturated rings. The molecule has 28 heavy (non-hydrogen) atoms. The molecule has 144 valence electrons. The van der Waals surface area contributed by atoms with Crippen LogP contribution in [0.15, 0.2) is 91.0 Å². The summed E-state index contributed by atoms with van der Waals surface area (Å²) in [5.41, 5.74) is 1.18. The fraction of sp³-hybridized carbons (Fsp3) is 0.0952. The maximum absolute atomic E-state index is 13.2. The number of hydrazine groups is 1. The third-order valence-corrected chi connectivity index (χ3v) is 5.20. The summed E-state index contributed by atoms with van der Waals surface area (Å²) in [7, 11) is -3.85. The lowest BCUT2D eigenvalue weighted by molar-refractivity contribution is -0.136. The van der Waals surface area contributed by atoms with Gasteiger partial charge in [-0.1, -0.05) is 78.9 Å². The summed E-state index contributed by atoms with van der Waals surface area (Å²) in [6, 6.07) is 24.9. The lowest BCUT2D eigenvalue weighted by atomic mass is 9.85. The quantitative estimate of drug-likeness (QED) is 0.627. The van der Waals surface area contributed by atoms with E-state index >= 15 is 0 Å². The molecule has 0 unspecified atom stereocenters. The molecule has 3 aromatic rings. The molecule has 0 saturated carbocycles. The number of aliphatic hydroxyl groups is 1. The number of anilines is 1. The molecule has 2 N–H and O–H groups in total. The first kappa shape index (κ1) is 19.6. The van der Waals surface area contributed by atoms with Gasteiger partial charge in [0, 0.05) is 0 Å². The van der Waals surface area contributed by atoms with Crippen molar-refractivity contribution < 1.29 is 18.3 Å². The van der Waals surface area contributed by atoms with Gasteiger partial charge in [0.05, 0.1) is 11.9 Å². The van der Waals surface area contributed by atoms with Gasteiger partial charge in [-0.3, -0.25) is 10.2 Å². The number of sulfonamides is 1. The molecule has 0 bridgehead atoms. The Morgan fingerprint density at radius 1 is 0.821 bits per heavy atom. The second kappa shape index (κ2) is 7.84. The van der Waals surface area contributed by atoms with Gasteiger partial charge < -0.3 is 5.11 Å². The first-order chi connectivity index (χ1) is 13.3. The molecule has 6 nitrogen and oxygen atoms in total. The molecule has 1 amide bonds. The summed E-state index contributed by atoms with van der Waals surface area (Å²) in [5, 5.41) is 11.5. The topological polar surface area (TPSA) is 86.7 Å². The summed E-state index contributed by atoms with van der Waals surface area (Å²) in [6.45, 7) is 0. The van der Waals surface area contributed by atoms with E-state index in [-0.39, 0.29) is 5.69 Å². The summed E-state index contributed by atoms with van der Waals surface area (Å²) < 4.78 is 25.3. The largest absolute Gasteiger partial charge is 0.372 e. The molecular weight excluding hydrogens is 376 g/mol. The van der Waals surface area contributed by atoms with Crippen LogP contribution in [0.1, 0.15) is 11.1 Å². The highest BCUT2D eigenvalue weighted by atomic mass is 32.2. The van der Waals surface area contributed by atoms with Gasteiger partial charge in [-0.15, -0.1) is 0 Å². The molecule has 0 aromatic heterocycles. The lowest BCUT2D eigenvalue weighted by Gasteiger charge is -2.31. The van der Waals surface area contributed by atoms with Crippen LogP contribution >= 0.6 is 0 Å². The van der Waals surface area contributed by atoms with E-state index in [4.69, 9.17) is 0 Å². The van der Waals surface area contributed by atoms with E-state index in [1.54, 1.807) is 91.0 Å². The summed E-state index contributed by atoms with van der Waals surface area (Å²) >= 11 is 0. The normalized spacial score (nSPS) is 11.6. The molecule has 0 spiro atoms. The van der Waals surface area contributed by atoms with Crippen molar-refractivity contribution in [3.05, 3.63) is 102 Å². The fourth-order valence-corrected chi connectivity index (χ4v) is 3.62. The minimum atomic E-state index is -3.85. The average Bonchev–Trinajstić information content (AvgIpc) is 2.72. The van der Waals surface area contributed by atoms with E-state index < -0.39 is 21.5 Å². The Hall–Kier alpha value is -3.16. The van der Waals surface area contributed by atoms with Crippen LogP contribution in [-0.2, 0) is 20.4 Å². The summed E-state index contributed by atoms with van der Waals surface area (Å²) in [4.78, 5) is 13.2. The Morgan fingerprint density at radius 3 is 1.61 bits per heavy atom.